The lowest BCUT2D eigenvalue weighted by Crippen LogP contribution is -1.93. The number of thioether (sulfide) groups is 1. The second-order valence-corrected chi connectivity index (χ2v) is 54.3. The van der Waals surface area contributed by atoms with Crippen LogP contribution in [0.25, 0.3) is 92.7 Å². The Balaban J connectivity index is 0.852. The van der Waals surface area contributed by atoms with Gasteiger partial charge in [0.15, 0.2) is 0 Å². The van der Waals surface area contributed by atoms with E-state index in [4.69, 9.17) is 0 Å². The van der Waals surface area contributed by atoms with Crippen molar-refractivity contribution in [1.29, 1.82) is 0 Å². The SMILES string of the molecule is CCCCCCCCCCCCc1cc(C)sc1-c1ccc(-c2ccc(-c3sc(-c4cc(CCCCCCCCCCCC)c(-c5ccc(-c6ccc(-c7sc(/C(=C/C(C)CCCCCCCCCCCC)SC(C)c8ccc(-c9ccc(-c%10sc(C)cc%10CCCCCCCCCCCC)s9)s8)cc7CCCCCCCCCCCC)s6)s5)s4)cc3CCCCCCCCCCCC)s2)s1. The zero-order valence-corrected chi connectivity index (χ0v) is 96.9. The van der Waals surface area contributed by atoms with Crippen LogP contribution in [0.3, 0.4) is 0 Å². The molecular formula is C124H182S12. The quantitative estimate of drug-likeness (QED) is 0.0342. The van der Waals surface area contributed by atoms with E-state index >= 15 is 0 Å². The Bertz CT molecular complexity index is 4950. The lowest BCUT2D eigenvalue weighted by molar-refractivity contribution is 0.527. The number of unbranched alkanes of at least 4 members (excludes halogenated alkanes) is 54. The fraction of sp³-hybridized carbons (Fsp3) is 0.629. The molecule has 2 unspecified atom stereocenters. The van der Waals surface area contributed by atoms with Crippen molar-refractivity contribution >= 4 is 141 Å². The molecular weight excluding hydrogens is 1870 g/mol. The van der Waals surface area contributed by atoms with Gasteiger partial charge in [-0.3, -0.25) is 0 Å². The van der Waals surface area contributed by atoms with E-state index in [1.54, 1.807) is 27.8 Å². The number of hydrogen-bond donors (Lipinski definition) is 0. The molecule has 11 heterocycles. The van der Waals surface area contributed by atoms with Crippen LogP contribution in [0.5, 0.6) is 0 Å². The molecule has 0 fully saturated rings. The summed E-state index contributed by atoms with van der Waals surface area (Å²) in [5.74, 6) is 0.514. The summed E-state index contributed by atoms with van der Waals surface area (Å²) in [5.41, 5.74) is 7.88. The molecule has 12 heteroatoms. The molecule has 11 aromatic heterocycles. The topological polar surface area (TPSA) is 0 Å². The lowest BCUT2D eigenvalue weighted by Gasteiger charge is -2.15. The van der Waals surface area contributed by atoms with Crippen molar-refractivity contribution in [3.63, 3.8) is 0 Å². The standard InChI is InChI=1S/C124H182S12/c1-11-17-23-29-35-41-47-53-59-65-71-95(7)89-116(127-98(10)104-77-78-105(128-104)106-79-84-111(129-106)120-99(90-96(8)125-120)72-66-60-54-48-42-36-30-24-18-12-2)117-92-101(74-68-62-56-50-44-38-32-26-20-14-4)122(134-117)113-86-82-109(132-113)110-83-88-115(133-110)124-103(76-70-64-58-52-46-40-34-28-22-16-6)94-119(136-124)118-93-102(75-69-63-57-51-45-39-33-27-21-15-5)123(135-118)114-87-81-108(131-114)107-80-85-112(130-107)121-100(91-97(9)126-121)73-67-61-55-49-43-37-31-25-19-13-3/h77-95,98H,11-76H2,1-10H3/b116-89-. The van der Waals surface area contributed by atoms with E-state index in [1.165, 1.54) is 517 Å². The van der Waals surface area contributed by atoms with Crippen LogP contribution in [0.2, 0.25) is 0 Å². The molecule has 0 saturated carbocycles. The summed E-state index contributed by atoms with van der Waals surface area (Å²) in [5, 5.41) is 0.332. The van der Waals surface area contributed by atoms with Crippen molar-refractivity contribution in [3.8, 4) is 87.8 Å². The molecule has 0 aliphatic heterocycles. The van der Waals surface area contributed by atoms with Gasteiger partial charge in [-0.15, -0.1) is 136 Å². The van der Waals surface area contributed by atoms with Gasteiger partial charge in [-0.25, -0.2) is 0 Å². The molecule has 0 radical (unpaired) electrons. The maximum atomic E-state index is 2.74. The maximum Gasteiger partial charge on any atom is 0.0481 e. The summed E-state index contributed by atoms with van der Waals surface area (Å²) >= 11 is 24.8. The summed E-state index contributed by atoms with van der Waals surface area (Å²) in [7, 11) is 0. The smallest absolute Gasteiger partial charge is 0.0481 e. The van der Waals surface area contributed by atoms with E-state index in [0.717, 1.165) is 19.3 Å². The fourth-order valence-corrected chi connectivity index (χ4v) is 34.5. The summed E-state index contributed by atoms with van der Waals surface area (Å²) in [6, 6.07) is 42.8. The number of thiophene rings is 11. The predicted octanol–water partition coefficient (Wildman–Crippen LogP) is 49.1. The Morgan fingerprint density at radius 3 is 0.728 bits per heavy atom. The van der Waals surface area contributed by atoms with Gasteiger partial charge < -0.3 is 0 Å². The van der Waals surface area contributed by atoms with Crippen LogP contribution in [0.15, 0.2) is 109 Å². The van der Waals surface area contributed by atoms with Gasteiger partial charge >= 0.3 is 0 Å². The van der Waals surface area contributed by atoms with Crippen LogP contribution in [-0.4, -0.2) is 0 Å². The molecule has 0 amide bonds. The van der Waals surface area contributed by atoms with Gasteiger partial charge in [-0.2, -0.15) is 0 Å². The highest BCUT2D eigenvalue weighted by molar-refractivity contribution is 8.08. The Hall–Kier alpha value is -3.21. The van der Waals surface area contributed by atoms with E-state index < -0.39 is 0 Å². The molecule has 11 rings (SSSR count). The van der Waals surface area contributed by atoms with Crippen molar-refractivity contribution in [2.75, 3.05) is 0 Å². The van der Waals surface area contributed by atoms with Crippen molar-refractivity contribution < 1.29 is 0 Å². The van der Waals surface area contributed by atoms with Crippen LogP contribution < -0.4 is 0 Å². The van der Waals surface area contributed by atoms with Crippen LogP contribution in [-0.2, 0) is 32.1 Å². The third-order valence-corrected chi connectivity index (χ3v) is 44.1. The monoisotopic (exact) mass is 2060 g/mol. The zero-order valence-electron chi connectivity index (χ0n) is 87.1. The molecule has 11 aromatic rings. The van der Waals surface area contributed by atoms with E-state index in [9.17, 15) is 0 Å². The van der Waals surface area contributed by atoms with Gasteiger partial charge in [0.05, 0.1) is 0 Å². The normalized spacial score (nSPS) is 12.5. The minimum absolute atomic E-state index is 0.332. The molecule has 0 N–H and O–H groups in total. The second kappa shape index (κ2) is 67.5. The summed E-state index contributed by atoms with van der Waals surface area (Å²) in [4.78, 5) is 33.7. The molecule has 0 aliphatic carbocycles. The number of hydrogen-bond acceptors (Lipinski definition) is 12. The Morgan fingerprint density at radius 2 is 0.441 bits per heavy atom. The van der Waals surface area contributed by atoms with Gasteiger partial charge in [0.25, 0.3) is 0 Å². The Labute approximate surface area is 881 Å². The number of rotatable bonds is 80. The van der Waals surface area contributed by atoms with Gasteiger partial charge in [0, 0.05) is 117 Å². The summed E-state index contributed by atoms with van der Waals surface area (Å²) in [6.07, 6.45) is 92.5. The highest BCUT2D eigenvalue weighted by atomic mass is 32.2. The van der Waals surface area contributed by atoms with E-state index in [-0.39, 0.29) is 0 Å². The second-order valence-electron chi connectivity index (χ2n) is 40.7. The minimum Gasteiger partial charge on any atom is -0.139 e. The first-order chi connectivity index (χ1) is 66.9. The first-order valence-electron chi connectivity index (χ1n) is 56.5. The van der Waals surface area contributed by atoms with Crippen molar-refractivity contribution in [1.82, 2.24) is 0 Å². The molecule has 136 heavy (non-hydrogen) atoms. The maximum absolute atomic E-state index is 2.74. The Kier molecular flexibility index (Phi) is 56.1. The first kappa shape index (κ1) is 113. The Morgan fingerprint density at radius 1 is 0.221 bits per heavy atom. The van der Waals surface area contributed by atoms with Crippen LogP contribution >= 0.6 is 136 Å². The van der Waals surface area contributed by atoms with E-state index in [0.29, 0.717) is 11.2 Å². The van der Waals surface area contributed by atoms with E-state index in [1.807, 2.05) is 68.0 Å². The van der Waals surface area contributed by atoms with Crippen LogP contribution in [0.4, 0.5) is 0 Å². The summed E-state index contributed by atoms with van der Waals surface area (Å²) < 4.78 is 0. The molecule has 0 saturated heterocycles. The molecule has 0 aliphatic rings. The zero-order chi connectivity index (χ0) is 95.2. The average molecular weight is 2060 g/mol. The highest BCUT2D eigenvalue weighted by Crippen LogP contribution is 2.54. The van der Waals surface area contributed by atoms with Gasteiger partial charge in [-0.05, 0) is 228 Å². The molecule has 750 valence electrons. The minimum atomic E-state index is 0.332. The molecule has 2 atom stereocenters. The number of aryl methyl sites for hydroxylation is 7. The highest BCUT2D eigenvalue weighted by Gasteiger charge is 2.26. The van der Waals surface area contributed by atoms with Gasteiger partial charge in [0.2, 0.25) is 0 Å². The van der Waals surface area contributed by atoms with E-state index in [2.05, 4.69) is 247 Å². The first-order valence-corrected chi connectivity index (χ1v) is 66.4. The fourth-order valence-electron chi connectivity index (χ4n) is 20.2. The third kappa shape index (κ3) is 40.0. The van der Waals surface area contributed by atoms with Gasteiger partial charge in [0.1, 0.15) is 0 Å². The molecule has 0 bridgehead atoms. The van der Waals surface area contributed by atoms with Gasteiger partial charge in [-0.1, -0.05) is 408 Å². The lowest BCUT2D eigenvalue weighted by atomic mass is 10.0. The molecule has 0 spiro atoms. The third-order valence-electron chi connectivity index (χ3n) is 28.4. The largest absolute Gasteiger partial charge is 0.139 e. The number of allylic oxidation sites excluding steroid dienone is 1. The van der Waals surface area contributed by atoms with Crippen molar-refractivity contribution in [2.24, 2.45) is 5.92 Å². The van der Waals surface area contributed by atoms with Crippen molar-refractivity contribution in [2.45, 2.75) is 498 Å². The predicted molar refractivity (Wildman–Crippen MR) is 635 cm³/mol. The average Bonchev–Trinajstić information content (AvgIpc) is 1.66. The summed E-state index contributed by atoms with van der Waals surface area (Å²) in [6.45, 7) is 23.7. The molecule has 0 nitrogen and oxygen atoms in total. The van der Waals surface area contributed by atoms with Crippen molar-refractivity contribution in [3.05, 3.63) is 157 Å². The van der Waals surface area contributed by atoms with Crippen LogP contribution in [0.1, 0.15) is 500 Å². The molecule has 0 aromatic carbocycles. The van der Waals surface area contributed by atoms with Crippen LogP contribution in [0, 0.1) is 19.8 Å².